The predicted molar refractivity (Wildman–Crippen MR) is 38.4 cm³/mol. The van der Waals surface area contributed by atoms with Gasteiger partial charge in [-0.15, -0.1) is 0 Å². The summed E-state index contributed by atoms with van der Waals surface area (Å²) in [6.45, 7) is 0.705. The van der Waals surface area contributed by atoms with E-state index in [4.69, 9.17) is 10.8 Å². The zero-order valence-electron chi connectivity index (χ0n) is 6.10. The van der Waals surface area contributed by atoms with Gasteiger partial charge in [0, 0.05) is 0 Å². The SMILES string of the molecule is NC(CC1CCN=N1)C(=O)O. The van der Waals surface area contributed by atoms with Gasteiger partial charge in [0.05, 0.1) is 12.6 Å². The minimum Gasteiger partial charge on any atom is -0.480 e. The minimum absolute atomic E-state index is 0.0288. The van der Waals surface area contributed by atoms with Crippen molar-refractivity contribution in [2.75, 3.05) is 6.54 Å². The highest BCUT2D eigenvalue weighted by atomic mass is 16.4. The molecule has 2 unspecified atom stereocenters. The lowest BCUT2D eigenvalue weighted by atomic mass is 10.1. The summed E-state index contributed by atoms with van der Waals surface area (Å²) in [7, 11) is 0. The molecule has 0 radical (unpaired) electrons. The molecule has 0 saturated heterocycles. The van der Waals surface area contributed by atoms with Gasteiger partial charge in [-0.05, 0) is 12.8 Å². The predicted octanol–water partition coefficient (Wildman–Crippen LogP) is 0.0129. The zero-order valence-corrected chi connectivity index (χ0v) is 6.10. The highest BCUT2D eigenvalue weighted by Gasteiger charge is 2.20. The number of carboxylic acids is 1. The molecule has 11 heavy (non-hydrogen) atoms. The van der Waals surface area contributed by atoms with Crippen LogP contribution < -0.4 is 5.73 Å². The summed E-state index contributed by atoms with van der Waals surface area (Å²) < 4.78 is 0. The van der Waals surface area contributed by atoms with Crippen LogP contribution in [0, 0.1) is 0 Å². The van der Waals surface area contributed by atoms with Crippen LogP contribution in [0.4, 0.5) is 0 Å². The molecule has 0 aromatic heterocycles. The van der Waals surface area contributed by atoms with Gasteiger partial charge in [0.25, 0.3) is 0 Å². The fraction of sp³-hybridized carbons (Fsp3) is 0.833. The van der Waals surface area contributed by atoms with Crippen LogP contribution in [0.3, 0.4) is 0 Å². The van der Waals surface area contributed by atoms with Crippen molar-refractivity contribution in [3.63, 3.8) is 0 Å². The first-order valence-electron chi connectivity index (χ1n) is 3.55. The smallest absolute Gasteiger partial charge is 0.320 e. The fourth-order valence-corrected chi connectivity index (χ4v) is 0.997. The standard InChI is InChI=1S/C6H11N3O2/c7-5(6(10)11)3-4-1-2-8-9-4/h4-5H,1-3,7H2,(H,10,11). The van der Waals surface area contributed by atoms with Gasteiger partial charge >= 0.3 is 5.97 Å². The number of carbonyl (C=O) groups is 1. The molecule has 0 saturated carbocycles. The number of hydrogen-bond donors (Lipinski definition) is 2. The number of nitrogens with zero attached hydrogens (tertiary/aromatic N) is 2. The van der Waals surface area contributed by atoms with Crippen molar-refractivity contribution in [1.82, 2.24) is 0 Å². The Morgan fingerprint density at radius 2 is 2.55 bits per heavy atom. The number of hydrogen-bond acceptors (Lipinski definition) is 4. The lowest BCUT2D eigenvalue weighted by molar-refractivity contribution is -0.138. The average Bonchev–Trinajstić information content (AvgIpc) is 2.39. The van der Waals surface area contributed by atoms with Crippen molar-refractivity contribution < 1.29 is 9.90 Å². The number of azo groups is 1. The van der Waals surface area contributed by atoms with Crippen molar-refractivity contribution in [3.8, 4) is 0 Å². The van der Waals surface area contributed by atoms with Gasteiger partial charge < -0.3 is 10.8 Å². The molecule has 0 fully saturated rings. The molecule has 5 heteroatoms. The third-order valence-corrected chi connectivity index (χ3v) is 1.65. The van der Waals surface area contributed by atoms with Gasteiger partial charge in [-0.2, -0.15) is 10.2 Å². The van der Waals surface area contributed by atoms with Crippen LogP contribution >= 0.6 is 0 Å². The van der Waals surface area contributed by atoms with Gasteiger partial charge in [0.15, 0.2) is 0 Å². The molecule has 1 rings (SSSR count). The molecule has 3 N–H and O–H groups in total. The third kappa shape index (κ3) is 2.27. The van der Waals surface area contributed by atoms with E-state index in [1.165, 1.54) is 0 Å². The van der Waals surface area contributed by atoms with Crippen LogP contribution in [0.15, 0.2) is 10.2 Å². The van der Waals surface area contributed by atoms with E-state index in [1.807, 2.05) is 0 Å². The molecule has 62 valence electrons. The second-order valence-corrected chi connectivity index (χ2v) is 2.60. The van der Waals surface area contributed by atoms with Crippen molar-refractivity contribution in [2.45, 2.75) is 24.9 Å². The highest BCUT2D eigenvalue weighted by molar-refractivity contribution is 5.73. The summed E-state index contributed by atoms with van der Waals surface area (Å²) in [6.07, 6.45) is 1.24. The lowest BCUT2D eigenvalue weighted by Gasteiger charge is -2.07. The third-order valence-electron chi connectivity index (χ3n) is 1.65. The van der Waals surface area contributed by atoms with E-state index < -0.39 is 12.0 Å². The van der Waals surface area contributed by atoms with Gasteiger partial charge in [-0.25, -0.2) is 0 Å². The number of carboxylic acid groups (broad SMARTS) is 1. The van der Waals surface area contributed by atoms with E-state index in [0.29, 0.717) is 13.0 Å². The van der Waals surface area contributed by atoms with Crippen LogP contribution in [0.2, 0.25) is 0 Å². The molecule has 1 heterocycles. The summed E-state index contributed by atoms with van der Waals surface area (Å²) in [5, 5.41) is 16.0. The van der Waals surface area contributed by atoms with Crippen molar-refractivity contribution in [2.24, 2.45) is 16.0 Å². The summed E-state index contributed by atoms with van der Waals surface area (Å²) in [6, 6.07) is -0.766. The molecule has 5 nitrogen and oxygen atoms in total. The van der Waals surface area contributed by atoms with Crippen LogP contribution in [-0.4, -0.2) is 29.7 Å². The van der Waals surface area contributed by atoms with Crippen LogP contribution in [0.5, 0.6) is 0 Å². The van der Waals surface area contributed by atoms with Crippen LogP contribution in [0.25, 0.3) is 0 Å². The van der Waals surface area contributed by atoms with E-state index in [0.717, 1.165) is 6.42 Å². The van der Waals surface area contributed by atoms with E-state index in [2.05, 4.69) is 10.2 Å². The maximum absolute atomic E-state index is 10.3. The second kappa shape index (κ2) is 3.43. The Morgan fingerprint density at radius 1 is 1.82 bits per heavy atom. The second-order valence-electron chi connectivity index (χ2n) is 2.60. The quantitative estimate of drug-likeness (QED) is 0.605. The van der Waals surface area contributed by atoms with Gasteiger partial charge in [-0.3, -0.25) is 4.79 Å². The first-order valence-corrected chi connectivity index (χ1v) is 3.55. The molecule has 2 atom stereocenters. The maximum atomic E-state index is 10.3. The zero-order chi connectivity index (χ0) is 8.27. The van der Waals surface area contributed by atoms with Gasteiger partial charge in [0.2, 0.25) is 0 Å². The van der Waals surface area contributed by atoms with E-state index in [1.54, 1.807) is 0 Å². The monoisotopic (exact) mass is 157 g/mol. The number of rotatable bonds is 3. The Morgan fingerprint density at radius 3 is 3.00 bits per heavy atom. The highest BCUT2D eigenvalue weighted by Crippen LogP contribution is 2.12. The normalized spacial score (nSPS) is 25.4. The van der Waals surface area contributed by atoms with Crippen molar-refractivity contribution >= 4 is 5.97 Å². The topological polar surface area (TPSA) is 88.0 Å². The number of nitrogens with two attached hydrogens (primary N) is 1. The first-order chi connectivity index (χ1) is 5.20. The molecule has 0 bridgehead atoms. The largest absolute Gasteiger partial charge is 0.480 e. The average molecular weight is 157 g/mol. The molecule has 0 amide bonds. The van der Waals surface area contributed by atoms with Crippen molar-refractivity contribution in [1.29, 1.82) is 0 Å². The Hall–Kier alpha value is -0.970. The lowest BCUT2D eigenvalue weighted by Crippen LogP contribution is -2.33. The molecule has 1 aliphatic heterocycles. The summed E-state index contributed by atoms with van der Waals surface area (Å²) in [5.41, 5.74) is 5.30. The van der Waals surface area contributed by atoms with Gasteiger partial charge in [0.1, 0.15) is 6.04 Å². The molecule has 0 aromatic rings. The summed E-state index contributed by atoms with van der Waals surface area (Å²) in [4.78, 5) is 10.3. The molecule has 1 aliphatic rings. The minimum atomic E-state index is -0.966. The van der Waals surface area contributed by atoms with E-state index >= 15 is 0 Å². The first kappa shape index (κ1) is 8.13. The van der Waals surface area contributed by atoms with Crippen molar-refractivity contribution in [3.05, 3.63) is 0 Å². The van der Waals surface area contributed by atoms with Crippen LogP contribution in [0.1, 0.15) is 12.8 Å². The Bertz CT molecular complexity index is 181. The Labute approximate surface area is 64.3 Å². The molecule has 0 aromatic carbocycles. The summed E-state index contributed by atoms with van der Waals surface area (Å²) >= 11 is 0. The fourth-order valence-electron chi connectivity index (χ4n) is 0.997. The van der Waals surface area contributed by atoms with Crippen LogP contribution in [-0.2, 0) is 4.79 Å². The number of aliphatic carboxylic acids is 1. The molecule has 0 spiro atoms. The molecular weight excluding hydrogens is 146 g/mol. The maximum Gasteiger partial charge on any atom is 0.320 e. The molecule has 0 aliphatic carbocycles. The van der Waals surface area contributed by atoms with Gasteiger partial charge in [-0.1, -0.05) is 0 Å². The van der Waals surface area contributed by atoms with E-state index in [9.17, 15) is 4.79 Å². The Kier molecular flexibility index (Phi) is 2.53. The Balaban J connectivity index is 2.29. The molecular formula is C6H11N3O2. The summed E-state index contributed by atoms with van der Waals surface area (Å²) in [5.74, 6) is -0.966. The van der Waals surface area contributed by atoms with E-state index in [-0.39, 0.29) is 6.04 Å².